The highest BCUT2D eigenvalue weighted by Gasteiger charge is 2.42. The van der Waals surface area contributed by atoms with Gasteiger partial charge in [-0.1, -0.05) is 0 Å². The van der Waals surface area contributed by atoms with Gasteiger partial charge in [0.1, 0.15) is 12.4 Å². The van der Waals surface area contributed by atoms with Crippen molar-refractivity contribution in [1.29, 1.82) is 0 Å². The maximum Gasteiger partial charge on any atom is 0.261 e. The first-order valence-electron chi connectivity index (χ1n) is 8.66. The second-order valence-corrected chi connectivity index (χ2v) is 9.42. The number of aryl methyl sites for hydroxylation is 1. The first-order valence-corrected chi connectivity index (χ1v) is 10.5. The molecule has 1 aromatic heterocycles. The molecule has 2 amide bonds. The molecule has 2 saturated heterocycles. The number of aliphatic hydroxyl groups is 1. The van der Waals surface area contributed by atoms with E-state index in [4.69, 9.17) is 14.3 Å². The maximum atomic E-state index is 12.9. The zero-order valence-corrected chi connectivity index (χ0v) is 15.6. The SMILES string of the molecule is Cc1ccoc1CC(=O)N=S1(=O)CCC2(CC1)CN(C(=O)CO)CCO2. The highest BCUT2D eigenvalue weighted by atomic mass is 32.2. The van der Waals surface area contributed by atoms with Crippen LogP contribution in [0.4, 0.5) is 0 Å². The van der Waals surface area contributed by atoms with Crippen molar-refractivity contribution in [2.45, 2.75) is 31.8 Å². The number of hydrogen-bond acceptors (Lipinski definition) is 6. The van der Waals surface area contributed by atoms with E-state index < -0.39 is 27.8 Å². The van der Waals surface area contributed by atoms with Crippen LogP contribution < -0.4 is 0 Å². The molecule has 1 aromatic rings. The minimum absolute atomic E-state index is 0.0102. The van der Waals surface area contributed by atoms with Crippen molar-refractivity contribution in [1.82, 2.24) is 4.90 Å². The average Bonchev–Trinajstić information content (AvgIpc) is 3.02. The maximum absolute atomic E-state index is 12.9. The summed E-state index contributed by atoms with van der Waals surface area (Å²) < 4.78 is 28.0. The predicted molar refractivity (Wildman–Crippen MR) is 94.0 cm³/mol. The van der Waals surface area contributed by atoms with E-state index in [-0.39, 0.29) is 23.8 Å². The molecular weight excluding hydrogens is 360 g/mol. The molecule has 1 spiro atoms. The second kappa shape index (κ2) is 7.50. The number of carbonyl (C=O) groups excluding carboxylic acids is 2. The zero-order chi connectivity index (χ0) is 18.8. The van der Waals surface area contributed by atoms with Gasteiger partial charge < -0.3 is 19.2 Å². The Bertz CT molecular complexity index is 794. The van der Waals surface area contributed by atoms with E-state index in [1.807, 2.05) is 6.92 Å². The van der Waals surface area contributed by atoms with E-state index in [0.29, 0.717) is 38.3 Å². The summed E-state index contributed by atoms with van der Waals surface area (Å²) in [6.45, 7) is 2.53. The van der Waals surface area contributed by atoms with Crippen LogP contribution >= 0.6 is 0 Å². The van der Waals surface area contributed by atoms with Crippen molar-refractivity contribution in [3.63, 3.8) is 0 Å². The lowest BCUT2D eigenvalue weighted by atomic mass is 9.94. The van der Waals surface area contributed by atoms with Crippen molar-refractivity contribution in [2.24, 2.45) is 4.36 Å². The number of rotatable bonds is 3. The Labute approximate surface area is 152 Å². The summed E-state index contributed by atoms with van der Waals surface area (Å²) in [7, 11) is -2.62. The average molecular weight is 384 g/mol. The van der Waals surface area contributed by atoms with Crippen LogP contribution in [0.5, 0.6) is 0 Å². The van der Waals surface area contributed by atoms with Gasteiger partial charge in [-0.05, 0) is 31.4 Å². The van der Waals surface area contributed by atoms with Crippen LogP contribution in [0.3, 0.4) is 0 Å². The van der Waals surface area contributed by atoms with Gasteiger partial charge >= 0.3 is 0 Å². The van der Waals surface area contributed by atoms with Crippen LogP contribution in [-0.4, -0.2) is 69.4 Å². The summed E-state index contributed by atoms with van der Waals surface area (Å²) in [6, 6.07) is 1.77. The molecule has 0 bridgehead atoms. The van der Waals surface area contributed by atoms with E-state index in [1.165, 1.54) is 6.26 Å². The van der Waals surface area contributed by atoms with Crippen LogP contribution in [0.25, 0.3) is 0 Å². The van der Waals surface area contributed by atoms with E-state index >= 15 is 0 Å². The molecule has 0 atom stereocenters. The molecule has 0 aromatic carbocycles. The fraction of sp³-hybridized carbons (Fsp3) is 0.647. The van der Waals surface area contributed by atoms with Crippen molar-refractivity contribution >= 4 is 21.5 Å². The topological polar surface area (TPSA) is 109 Å². The normalized spacial score (nSPS) is 28.9. The van der Waals surface area contributed by atoms with Crippen molar-refractivity contribution in [3.8, 4) is 0 Å². The molecule has 2 aliphatic heterocycles. The second-order valence-electron chi connectivity index (χ2n) is 6.87. The summed E-state index contributed by atoms with van der Waals surface area (Å²) >= 11 is 0. The van der Waals surface area contributed by atoms with E-state index in [2.05, 4.69) is 4.36 Å². The van der Waals surface area contributed by atoms with Gasteiger partial charge in [0.2, 0.25) is 5.91 Å². The Morgan fingerprint density at radius 3 is 2.73 bits per heavy atom. The minimum atomic E-state index is -2.62. The van der Waals surface area contributed by atoms with Gasteiger partial charge in [0.15, 0.2) is 0 Å². The van der Waals surface area contributed by atoms with Crippen LogP contribution in [0.2, 0.25) is 0 Å². The van der Waals surface area contributed by atoms with Crippen molar-refractivity contribution in [2.75, 3.05) is 37.8 Å². The summed E-state index contributed by atoms with van der Waals surface area (Å²) in [5, 5.41) is 9.04. The van der Waals surface area contributed by atoms with Gasteiger partial charge in [-0.2, -0.15) is 4.36 Å². The number of ether oxygens (including phenoxy) is 1. The first-order chi connectivity index (χ1) is 12.3. The Hall–Kier alpha value is -1.71. The van der Waals surface area contributed by atoms with Crippen LogP contribution in [0, 0.1) is 6.92 Å². The molecule has 2 fully saturated rings. The van der Waals surface area contributed by atoms with Crippen LogP contribution in [0.1, 0.15) is 24.2 Å². The van der Waals surface area contributed by atoms with E-state index in [9.17, 15) is 13.8 Å². The Kier molecular flexibility index (Phi) is 5.50. The predicted octanol–water partition coefficient (Wildman–Crippen LogP) is 0.509. The standard InChI is InChI=1S/C17H24N2O6S/c1-13-2-6-24-14(13)10-15(21)18-26(23)8-3-17(4-9-26)12-19(5-7-25-17)16(22)11-20/h2,6,20H,3-5,7-12H2,1H3. The lowest BCUT2D eigenvalue weighted by molar-refractivity contribution is -0.154. The number of carbonyl (C=O) groups is 2. The molecule has 9 heteroatoms. The van der Waals surface area contributed by atoms with Gasteiger partial charge in [-0.25, -0.2) is 4.21 Å². The molecule has 26 heavy (non-hydrogen) atoms. The Morgan fingerprint density at radius 1 is 1.38 bits per heavy atom. The van der Waals surface area contributed by atoms with E-state index in [1.54, 1.807) is 11.0 Å². The molecule has 0 aliphatic carbocycles. The molecule has 1 N–H and O–H groups in total. The summed E-state index contributed by atoms with van der Waals surface area (Å²) in [5.41, 5.74) is 0.315. The minimum Gasteiger partial charge on any atom is -0.469 e. The summed E-state index contributed by atoms with van der Waals surface area (Å²) in [5.74, 6) is 0.301. The summed E-state index contributed by atoms with van der Waals surface area (Å²) in [4.78, 5) is 25.5. The number of aliphatic hydroxyl groups excluding tert-OH is 1. The molecule has 3 rings (SSSR count). The van der Waals surface area contributed by atoms with Gasteiger partial charge in [-0.15, -0.1) is 0 Å². The quantitative estimate of drug-likeness (QED) is 0.813. The zero-order valence-electron chi connectivity index (χ0n) is 14.8. The Morgan fingerprint density at radius 2 is 2.12 bits per heavy atom. The molecule has 8 nitrogen and oxygen atoms in total. The molecule has 144 valence electrons. The van der Waals surface area contributed by atoms with Crippen LogP contribution in [-0.2, 0) is 30.5 Å². The third kappa shape index (κ3) is 4.16. The van der Waals surface area contributed by atoms with Gasteiger partial charge in [0.05, 0.1) is 34.6 Å². The molecule has 2 aliphatic rings. The highest BCUT2D eigenvalue weighted by Crippen LogP contribution is 2.32. The molecular formula is C17H24N2O6S. The molecule has 0 unspecified atom stereocenters. The third-order valence-corrected chi connectivity index (χ3v) is 7.26. The highest BCUT2D eigenvalue weighted by molar-refractivity contribution is 7.93. The van der Waals surface area contributed by atoms with Gasteiger partial charge in [0.25, 0.3) is 5.91 Å². The van der Waals surface area contributed by atoms with Crippen molar-refractivity contribution < 1.29 is 28.1 Å². The fourth-order valence-electron chi connectivity index (χ4n) is 3.41. The molecule has 0 saturated carbocycles. The lowest BCUT2D eigenvalue weighted by Crippen LogP contribution is -2.57. The van der Waals surface area contributed by atoms with Crippen molar-refractivity contribution in [3.05, 3.63) is 23.7 Å². The third-order valence-electron chi connectivity index (χ3n) is 5.04. The van der Waals surface area contributed by atoms with Crippen LogP contribution in [0.15, 0.2) is 21.1 Å². The molecule has 0 radical (unpaired) electrons. The number of hydrogen-bond donors (Lipinski definition) is 1. The van der Waals surface area contributed by atoms with Gasteiger partial charge in [0, 0.05) is 24.6 Å². The summed E-state index contributed by atoms with van der Waals surface area (Å²) in [6.07, 6.45) is 2.47. The fourth-order valence-corrected chi connectivity index (χ4v) is 5.61. The van der Waals surface area contributed by atoms with Gasteiger partial charge in [-0.3, -0.25) is 9.59 Å². The van der Waals surface area contributed by atoms with E-state index in [0.717, 1.165) is 5.56 Å². The number of nitrogens with zero attached hydrogens (tertiary/aromatic N) is 2. The number of morpholine rings is 1. The monoisotopic (exact) mass is 384 g/mol. The Balaban J connectivity index is 1.64. The lowest BCUT2D eigenvalue weighted by Gasteiger charge is -2.45. The smallest absolute Gasteiger partial charge is 0.261 e. The number of amides is 2. The number of furan rings is 1. The molecule has 3 heterocycles. The largest absolute Gasteiger partial charge is 0.469 e. The first kappa shape index (κ1) is 19.1.